The number of carbonyl (C=O) groups excluding carboxylic acids is 1. The van der Waals surface area contributed by atoms with Gasteiger partial charge in [-0.15, -0.1) is 0 Å². The molecule has 1 unspecified atom stereocenters. The Morgan fingerprint density at radius 1 is 1.40 bits per heavy atom. The summed E-state index contributed by atoms with van der Waals surface area (Å²) >= 11 is 6.16. The summed E-state index contributed by atoms with van der Waals surface area (Å²) in [5.41, 5.74) is 6.35. The first-order valence-electron chi connectivity index (χ1n) is 8.53. The molecular weight excluding hydrogens is 346 g/mol. The smallest absolute Gasteiger partial charge is 0.254 e. The van der Waals surface area contributed by atoms with Crippen molar-refractivity contribution in [3.8, 4) is 0 Å². The van der Waals surface area contributed by atoms with Gasteiger partial charge in [-0.05, 0) is 25.2 Å². The molecular formula is C17H30ClN3O4. The van der Waals surface area contributed by atoms with Crippen LogP contribution in [0.15, 0.2) is 23.5 Å². The lowest BCUT2D eigenvalue weighted by Crippen LogP contribution is -2.38. The van der Waals surface area contributed by atoms with Crippen molar-refractivity contribution in [2.24, 2.45) is 5.73 Å². The number of alkyl halides is 1. The monoisotopic (exact) mass is 375 g/mol. The van der Waals surface area contributed by atoms with Gasteiger partial charge in [-0.25, -0.2) is 0 Å². The molecule has 1 aliphatic carbocycles. The van der Waals surface area contributed by atoms with E-state index in [-0.39, 0.29) is 19.1 Å². The molecule has 144 valence electrons. The second kappa shape index (κ2) is 11.5. The first-order chi connectivity index (χ1) is 11.9. The van der Waals surface area contributed by atoms with E-state index in [9.17, 15) is 4.79 Å². The Kier molecular flexibility index (Phi) is 10.1. The van der Waals surface area contributed by atoms with Gasteiger partial charge < -0.3 is 30.2 Å². The molecule has 0 spiro atoms. The van der Waals surface area contributed by atoms with Crippen LogP contribution < -0.4 is 11.1 Å². The second-order valence-corrected chi connectivity index (χ2v) is 6.42. The van der Waals surface area contributed by atoms with E-state index in [1.165, 1.54) is 0 Å². The summed E-state index contributed by atoms with van der Waals surface area (Å²) in [5, 5.41) is 2.91. The minimum atomic E-state index is -1.06. The van der Waals surface area contributed by atoms with Gasteiger partial charge in [0.1, 0.15) is 10.8 Å². The maximum absolute atomic E-state index is 12.4. The topological polar surface area (TPSA) is 86.1 Å². The highest BCUT2D eigenvalue weighted by atomic mass is 35.5. The molecule has 0 aromatic carbocycles. The number of hydrogen-bond donors (Lipinski definition) is 2. The summed E-state index contributed by atoms with van der Waals surface area (Å²) in [4.78, 5) is 13.6. The predicted molar refractivity (Wildman–Crippen MR) is 98.1 cm³/mol. The van der Waals surface area contributed by atoms with Crippen LogP contribution in [0.25, 0.3) is 0 Å². The molecule has 0 aliphatic heterocycles. The summed E-state index contributed by atoms with van der Waals surface area (Å²) in [5.74, 6) is 0.222. The maximum atomic E-state index is 12.4. The largest absolute Gasteiger partial charge is 0.471 e. The molecule has 0 saturated heterocycles. The van der Waals surface area contributed by atoms with Crippen molar-refractivity contribution in [3.05, 3.63) is 23.5 Å². The van der Waals surface area contributed by atoms with Gasteiger partial charge in [-0.1, -0.05) is 25.4 Å². The lowest BCUT2D eigenvalue weighted by molar-refractivity contribution is -0.117. The molecule has 7 nitrogen and oxygen atoms in total. The predicted octanol–water partition coefficient (Wildman–Crippen LogP) is 1.19. The van der Waals surface area contributed by atoms with Crippen molar-refractivity contribution >= 4 is 17.5 Å². The van der Waals surface area contributed by atoms with Crippen molar-refractivity contribution in [2.45, 2.75) is 25.3 Å². The SMILES string of the molecule is CCN(CC)CCNC(=O)C1=C(OCOCCOC)CC(N)(Cl)C=C1. The lowest BCUT2D eigenvalue weighted by Gasteiger charge is -2.26. The van der Waals surface area contributed by atoms with Gasteiger partial charge in [0.05, 0.1) is 18.8 Å². The van der Waals surface area contributed by atoms with E-state index >= 15 is 0 Å². The number of nitrogens with zero attached hydrogens (tertiary/aromatic N) is 1. The highest BCUT2D eigenvalue weighted by Gasteiger charge is 2.29. The van der Waals surface area contributed by atoms with Crippen molar-refractivity contribution in [1.29, 1.82) is 0 Å². The zero-order valence-corrected chi connectivity index (χ0v) is 16.1. The third-order valence-electron chi connectivity index (χ3n) is 3.86. The Hall–Kier alpha value is -1.12. The number of nitrogens with one attached hydrogen (secondary N) is 1. The van der Waals surface area contributed by atoms with E-state index in [0.717, 1.165) is 19.6 Å². The minimum Gasteiger partial charge on any atom is -0.471 e. The van der Waals surface area contributed by atoms with Crippen molar-refractivity contribution in [1.82, 2.24) is 10.2 Å². The maximum Gasteiger partial charge on any atom is 0.254 e. The standard InChI is InChI=1S/C17H30ClN3O4/c1-4-21(5-2)9-8-20-16(22)14-6-7-17(18,19)12-15(14)25-13-24-11-10-23-3/h6-7H,4-5,8-13,19H2,1-3H3,(H,20,22). The Bertz CT molecular complexity index is 477. The number of halogens is 1. The van der Waals surface area contributed by atoms with Crippen LogP contribution in [0, 0.1) is 0 Å². The van der Waals surface area contributed by atoms with Crippen molar-refractivity contribution in [2.75, 3.05) is 53.3 Å². The molecule has 1 rings (SSSR count). The number of amides is 1. The van der Waals surface area contributed by atoms with Crippen LogP contribution in [0.3, 0.4) is 0 Å². The third kappa shape index (κ3) is 8.20. The number of ether oxygens (including phenoxy) is 3. The van der Waals surface area contributed by atoms with Gasteiger partial charge in [0, 0.05) is 26.6 Å². The minimum absolute atomic E-state index is 0.00965. The summed E-state index contributed by atoms with van der Waals surface area (Å²) < 4.78 is 15.8. The van der Waals surface area contributed by atoms with Crippen LogP contribution in [-0.2, 0) is 19.0 Å². The molecule has 0 aromatic heterocycles. The number of methoxy groups -OCH3 is 1. The highest BCUT2D eigenvalue weighted by Crippen LogP contribution is 2.29. The molecule has 0 bridgehead atoms. The van der Waals surface area contributed by atoms with E-state index in [4.69, 9.17) is 31.5 Å². The second-order valence-electron chi connectivity index (χ2n) is 5.72. The van der Waals surface area contributed by atoms with Crippen LogP contribution in [0.2, 0.25) is 0 Å². The quantitative estimate of drug-likeness (QED) is 0.231. The molecule has 1 atom stereocenters. The fourth-order valence-electron chi connectivity index (χ4n) is 2.32. The molecule has 1 amide bonds. The number of likely N-dealkylation sites (N-methyl/N-ethyl adjacent to an activating group) is 1. The van der Waals surface area contributed by atoms with Gasteiger partial charge >= 0.3 is 0 Å². The first-order valence-corrected chi connectivity index (χ1v) is 8.91. The Morgan fingerprint density at radius 3 is 2.76 bits per heavy atom. The van der Waals surface area contributed by atoms with Crippen LogP contribution in [-0.4, -0.2) is 69.1 Å². The van der Waals surface area contributed by atoms with Crippen LogP contribution in [0.4, 0.5) is 0 Å². The van der Waals surface area contributed by atoms with E-state index < -0.39 is 5.00 Å². The van der Waals surface area contributed by atoms with Crippen LogP contribution in [0.5, 0.6) is 0 Å². The zero-order chi connectivity index (χ0) is 18.7. The lowest BCUT2D eigenvalue weighted by atomic mass is 10.0. The molecule has 0 saturated carbocycles. The average Bonchev–Trinajstić information content (AvgIpc) is 2.58. The van der Waals surface area contributed by atoms with E-state index in [0.29, 0.717) is 31.1 Å². The summed E-state index contributed by atoms with van der Waals surface area (Å²) in [6.45, 7) is 8.32. The number of nitrogens with two attached hydrogens (primary N) is 1. The van der Waals surface area contributed by atoms with Gasteiger partial charge in [0.2, 0.25) is 0 Å². The average molecular weight is 376 g/mol. The molecule has 0 heterocycles. The third-order valence-corrected chi connectivity index (χ3v) is 4.12. The molecule has 0 radical (unpaired) electrons. The molecule has 0 fully saturated rings. The Balaban J connectivity index is 2.62. The normalized spacial score (nSPS) is 20.2. The Labute approximate surface area is 155 Å². The summed E-state index contributed by atoms with van der Waals surface area (Å²) in [6.07, 6.45) is 3.43. The molecule has 3 N–H and O–H groups in total. The highest BCUT2D eigenvalue weighted by molar-refractivity contribution is 6.25. The number of carbonyl (C=O) groups is 1. The molecule has 0 aromatic rings. The van der Waals surface area contributed by atoms with E-state index in [2.05, 4.69) is 24.1 Å². The fourth-order valence-corrected chi connectivity index (χ4v) is 2.51. The van der Waals surface area contributed by atoms with E-state index in [1.54, 1.807) is 19.3 Å². The molecule has 1 aliphatic rings. The van der Waals surface area contributed by atoms with Gasteiger partial charge in [0.25, 0.3) is 5.91 Å². The van der Waals surface area contributed by atoms with Gasteiger partial charge in [0.15, 0.2) is 6.79 Å². The van der Waals surface area contributed by atoms with Crippen LogP contribution >= 0.6 is 11.6 Å². The molecule has 25 heavy (non-hydrogen) atoms. The van der Waals surface area contributed by atoms with Crippen LogP contribution in [0.1, 0.15) is 20.3 Å². The number of hydrogen-bond acceptors (Lipinski definition) is 6. The summed E-state index contributed by atoms with van der Waals surface area (Å²) in [7, 11) is 1.59. The van der Waals surface area contributed by atoms with Gasteiger partial charge in [-0.2, -0.15) is 0 Å². The van der Waals surface area contributed by atoms with Gasteiger partial charge in [-0.3, -0.25) is 4.79 Å². The Morgan fingerprint density at radius 2 is 2.12 bits per heavy atom. The zero-order valence-electron chi connectivity index (χ0n) is 15.3. The number of rotatable bonds is 12. The molecule has 8 heteroatoms. The van der Waals surface area contributed by atoms with E-state index in [1.807, 2.05) is 0 Å². The first kappa shape index (κ1) is 21.9. The van der Waals surface area contributed by atoms with Crippen molar-refractivity contribution in [3.63, 3.8) is 0 Å². The summed E-state index contributed by atoms with van der Waals surface area (Å²) in [6, 6.07) is 0. The fraction of sp³-hybridized carbons (Fsp3) is 0.706. The van der Waals surface area contributed by atoms with Crippen molar-refractivity contribution < 1.29 is 19.0 Å².